The minimum atomic E-state index is -3.74. The van der Waals surface area contributed by atoms with Crippen LogP contribution in [0.3, 0.4) is 0 Å². The van der Waals surface area contributed by atoms with Gasteiger partial charge in [-0.3, -0.25) is 0 Å². The van der Waals surface area contributed by atoms with Crippen LogP contribution in [-0.2, 0) is 16.6 Å². The van der Waals surface area contributed by atoms with Crippen LogP contribution in [0.4, 0.5) is 5.69 Å². The topological polar surface area (TPSA) is 76.5 Å². The average Bonchev–Trinajstić information content (AvgIpc) is 2.77. The first-order valence-electron chi connectivity index (χ1n) is 5.56. The predicted molar refractivity (Wildman–Crippen MR) is 80.9 cm³/mol. The molecular weight excluding hydrogens is 368 g/mol. The first-order chi connectivity index (χ1) is 9.30. The summed E-state index contributed by atoms with van der Waals surface area (Å²) in [6.45, 7) is 0.0963. The summed E-state index contributed by atoms with van der Waals surface area (Å²) in [5, 5.41) is 0.131. The standard InChI is InChI=1S/C12H12BrClN2O3S/c1-16(7-9-3-5-12(13)19-9)20(17,18)11-6-8(15)2-4-10(11)14/h2-6H,7,15H2,1H3. The molecule has 0 unspecified atom stereocenters. The Kier molecular flexibility index (Phi) is 4.43. The zero-order valence-corrected chi connectivity index (χ0v) is 13.7. The number of hydrogen-bond acceptors (Lipinski definition) is 4. The second-order valence-corrected chi connectivity index (χ2v) is 7.36. The lowest BCUT2D eigenvalue weighted by Crippen LogP contribution is -2.26. The van der Waals surface area contributed by atoms with Crippen LogP contribution in [0.25, 0.3) is 0 Å². The summed E-state index contributed by atoms with van der Waals surface area (Å²) < 4.78 is 31.9. The van der Waals surface area contributed by atoms with Crippen molar-refractivity contribution >= 4 is 43.2 Å². The molecule has 0 fully saturated rings. The zero-order valence-electron chi connectivity index (χ0n) is 10.5. The van der Waals surface area contributed by atoms with Gasteiger partial charge in [-0.15, -0.1) is 0 Å². The summed E-state index contributed by atoms with van der Waals surface area (Å²) in [6.07, 6.45) is 0. The third kappa shape index (κ3) is 3.17. The highest BCUT2D eigenvalue weighted by Gasteiger charge is 2.24. The predicted octanol–water partition coefficient (Wildman–Crippen LogP) is 3.10. The number of rotatable bonds is 4. The Morgan fingerprint density at radius 1 is 1.35 bits per heavy atom. The fourth-order valence-electron chi connectivity index (χ4n) is 1.63. The molecule has 0 aliphatic rings. The van der Waals surface area contributed by atoms with Crippen molar-refractivity contribution in [1.82, 2.24) is 4.31 Å². The maximum absolute atomic E-state index is 12.4. The van der Waals surface area contributed by atoms with Gasteiger partial charge in [-0.1, -0.05) is 11.6 Å². The van der Waals surface area contributed by atoms with E-state index in [1.54, 1.807) is 18.2 Å². The van der Waals surface area contributed by atoms with E-state index < -0.39 is 10.0 Å². The molecule has 1 aromatic carbocycles. The van der Waals surface area contributed by atoms with Gasteiger partial charge in [0.25, 0.3) is 0 Å². The molecule has 20 heavy (non-hydrogen) atoms. The van der Waals surface area contributed by atoms with Crippen molar-refractivity contribution < 1.29 is 12.8 Å². The maximum atomic E-state index is 12.4. The van der Waals surface area contributed by atoms with Gasteiger partial charge in [-0.2, -0.15) is 4.31 Å². The van der Waals surface area contributed by atoms with E-state index in [4.69, 9.17) is 21.8 Å². The zero-order chi connectivity index (χ0) is 14.9. The number of halogens is 2. The van der Waals surface area contributed by atoms with Gasteiger partial charge in [-0.05, 0) is 46.3 Å². The molecule has 1 heterocycles. The third-order valence-corrected chi connectivity index (χ3v) is 5.36. The smallest absolute Gasteiger partial charge is 0.244 e. The molecule has 0 spiro atoms. The number of hydrogen-bond donors (Lipinski definition) is 1. The molecule has 0 amide bonds. The van der Waals surface area contributed by atoms with Gasteiger partial charge in [0.2, 0.25) is 10.0 Å². The van der Waals surface area contributed by atoms with Gasteiger partial charge in [0.1, 0.15) is 10.7 Å². The van der Waals surface area contributed by atoms with Crippen molar-refractivity contribution in [3.63, 3.8) is 0 Å². The van der Waals surface area contributed by atoms with Crippen LogP contribution in [0.15, 0.2) is 44.3 Å². The van der Waals surface area contributed by atoms with Crippen LogP contribution in [0, 0.1) is 0 Å². The molecule has 0 aliphatic heterocycles. The van der Waals surface area contributed by atoms with Crippen LogP contribution >= 0.6 is 27.5 Å². The Morgan fingerprint density at radius 3 is 2.65 bits per heavy atom. The van der Waals surface area contributed by atoms with Crippen molar-refractivity contribution in [2.75, 3.05) is 12.8 Å². The quantitative estimate of drug-likeness (QED) is 0.828. The second kappa shape index (κ2) is 5.77. The third-order valence-electron chi connectivity index (χ3n) is 2.65. The van der Waals surface area contributed by atoms with Gasteiger partial charge >= 0.3 is 0 Å². The number of furan rings is 1. The largest absolute Gasteiger partial charge is 0.453 e. The van der Waals surface area contributed by atoms with Crippen molar-refractivity contribution in [3.8, 4) is 0 Å². The minimum Gasteiger partial charge on any atom is -0.453 e. The lowest BCUT2D eigenvalue weighted by molar-refractivity contribution is 0.398. The summed E-state index contributed by atoms with van der Waals surface area (Å²) in [5.41, 5.74) is 5.95. The maximum Gasteiger partial charge on any atom is 0.244 e. The monoisotopic (exact) mass is 378 g/mol. The second-order valence-electron chi connectivity index (χ2n) is 4.16. The number of nitrogens with zero attached hydrogens (tertiary/aromatic N) is 1. The highest BCUT2D eigenvalue weighted by Crippen LogP contribution is 2.27. The van der Waals surface area contributed by atoms with E-state index in [2.05, 4.69) is 15.9 Å². The SMILES string of the molecule is CN(Cc1ccc(Br)o1)S(=O)(=O)c1cc(N)ccc1Cl. The van der Waals surface area contributed by atoms with Gasteiger partial charge in [0.05, 0.1) is 11.6 Å². The molecule has 5 nitrogen and oxygen atoms in total. The van der Waals surface area contributed by atoms with E-state index in [1.807, 2.05) is 0 Å². The summed E-state index contributed by atoms with van der Waals surface area (Å²) in [6, 6.07) is 7.73. The normalized spacial score (nSPS) is 12.0. The summed E-state index contributed by atoms with van der Waals surface area (Å²) in [7, 11) is -2.29. The van der Waals surface area contributed by atoms with E-state index in [0.717, 1.165) is 4.31 Å². The van der Waals surface area contributed by atoms with E-state index in [1.165, 1.54) is 19.2 Å². The lowest BCUT2D eigenvalue weighted by atomic mass is 10.3. The van der Waals surface area contributed by atoms with E-state index >= 15 is 0 Å². The summed E-state index contributed by atoms with van der Waals surface area (Å²) in [5.74, 6) is 0.517. The van der Waals surface area contributed by atoms with Crippen molar-refractivity contribution in [2.24, 2.45) is 0 Å². The van der Waals surface area contributed by atoms with Crippen LogP contribution in [0.5, 0.6) is 0 Å². The number of sulfonamides is 1. The van der Waals surface area contributed by atoms with E-state index in [0.29, 0.717) is 16.1 Å². The van der Waals surface area contributed by atoms with Crippen LogP contribution < -0.4 is 5.73 Å². The molecule has 0 saturated heterocycles. The van der Waals surface area contributed by atoms with Crippen LogP contribution in [-0.4, -0.2) is 19.8 Å². The molecule has 0 bridgehead atoms. The fourth-order valence-corrected chi connectivity index (χ4v) is 3.61. The molecule has 0 radical (unpaired) electrons. The summed E-state index contributed by atoms with van der Waals surface area (Å²) >= 11 is 9.11. The Balaban J connectivity index is 2.32. The number of nitrogen functional groups attached to an aromatic ring is 1. The molecule has 1 aromatic heterocycles. The molecule has 2 N–H and O–H groups in total. The van der Waals surface area contributed by atoms with Gasteiger partial charge in [0, 0.05) is 12.7 Å². The van der Waals surface area contributed by atoms with Crippen LogP contribution in [0.2, 0.25) is 5.02 Å². The molecule has 0 aliphatic carbocycles. The molecular formula is C12H12BrClN2O3S. The summed E-state index contributed by atoms with van der Waals surface area (Å²) in [4.78, 5) is -0.0210. The van der Waals surface area contributed by atoms with E-state index in [9.17, 15) is 8.42 Å². The Labute approximate surface area is 130 Å². The molecule has 0 atom stereocenters. The minimum absolute atomic E-state index is 0.0210. The lowest BCUT2D eigenvalue weighted by Gasteiger charge is -2.17. The van der Waals surface area contributed by atoms with Crippen molar-refractivity contribution in [3.05, 3.63) is 45.8 Å². The molecule has 0 saturated carbocycles. The Morgan fingerprint density at radius 2 is 2.05 bits per heavy atom. The van der Waals surface area contributed by atoms with Gasteiger partial charge in [0.15, 0.2) is 4.67 Å². The first kappa shape index (κ1) is 15.4. The van der Waals surface area contributed by atoms with Crippen molar-refractivity contribution in [2.45, 2.75) is 11.4 Å². The van der Waals surface area contributed by atoms with Gasteiger partial charge < -0.3 is 10.2 Å². The fraction of sp³-hybridized carbons (Fsp3) is 0.167. The number of nitrogens with two attached hydrogens (primary N) is 1. The van der Waals surface area contributed by atoms with Gasteiger partial charge in [-0.25, -0.2) is 8.42 Å². The molecule has 108 valence electrons. The van der Waals surface area contributed by atoms with Crippen molar-refractivity contribution in [1.29, 1.82) is 0 Å². The molecule has 8 heteroatoms. The number of benzene rings is 1. The van der Waals surface area contributed by atoms with Crippen LogP contribution in [0.1, 0.15) is 5.76 Å². The highest BCUT2D eigenvalue weighted by molar-refractivity contribution is 9.10. The number of anilines is 1. The highest BCUT2D eigenvalue weighted by atomic mass is 79.9. The van der Waals surface area contributed by atoms with E-state index in [-0.39, 0.29) is 16.5 Å². The first-order valence-corrected chi connectivity index (χ1v) is 8.17. The Hall–Kier alpha value is -1.02. The average molecular weight is 380 g/mol. The molecule has 2 aromatic rings. The molecule has 2 rings (SSSR count). The Bertz CT molecular complexity index is 730.